The fourth-order valence-electron chi connectivity index (χ4n) is 2.36. The fraction of sp³-hybridized carbons (Fsp3) is 0.571. The topological polar surface area (TPSA) is 55.4 Å². The second-order valence-electron chi connectivity index (χ2n) is 5.11. The summed E-state index contributed by atoms with van der Waals surface area (Å²) in [6.07, 6.45) is 4.93. The lowest BCUT2D eigenvalue weighted by molar-refractivity contribution is 0.0626. The fourth-order valence-corrected chi connectivity index (χ4v) is 4.56. The Morgan fingerprint density at radius 2 is 2.05 bits per heavy atom. The van der Waals surface area contributed by atoms with Crippen molar-refractivity contribution in [2.75, 3.05) is 13.2 Å². The van der Waals surface area contributed by atoms with E-state index in [1.165, 1.54) is 12.8 Å². The summed E-state index contributed by atoms with van der Waals surface area (Å²) < 4.78 is 33.1. The Bertz CT molecular complexity index is 554. The number of rotatable bonds is 6. The maximum atomic E-state index is 12.2. The van der Waals surface area contributed by atoms with Gasteiger partial charge in [0.2, 0.25) is 10.0 Å². The first-order valence-electron chi connectivity index (χ1n) is 6.86. The van der Waals surface area contributed by atoms with Crippen LogP contribution in [0.2, 0.25) is 0 Å². The smallest absolute Gasteiger partial charge is 0.241 e. The molecular weight excluding hydrogens is 342 g/mol. The predicted molar refractivity (Wildman–Crippen MR) is 82.3 cm³/mol. The second kappa shape index (κ2) is 7.02. The van der Waals surface area contributed by atoms with E-state index in [2.05, 4.69) is 20.7 Å². The summed E-state index contributed by atoms with van der Waals surface area (Å²) >= 11 is 3.30. The quantitative estimate of drug-likeness (QED) is 0.792. The number of benzene rings is 1. The average Bonchev–Trinajstić information content (AvgIpc) is 2.87. The van der Waals surface area contributed by atoms with Gasteiger partial charge in [-0.3, -0.25) is 0 Å². The molecule has 0 amide bonds. The van der Waals surface area contributed by atoms with E-state index in [-0.39, 0.29) is 4.90 Å². The van der Waals surface area contributed by atoms with Crippen molar-refractivity contribution in [1.82, 2.24) is 4.72 Å². The van der Waals surface area contributed by atoms with Crippen LogP contribution < -0.4 is 4.72 Å². The van der Waals surface area contributed by atoms with Gasteiger partial charge in [0, 0.05) is 11.0 Å². The minimum Gasteiger partial charge on any atom is -0.377 e. The highest BCUT2D eigenvalue weighted by molar-refractivity contribution is 9.10. The highest BCUT2D eigenvalue weighted by Crippen LogP contribution is 2.23. The Labute approximate surface area is 129 Å². The maximum Gasteiger partial charge on any atom is 0.241 e. The van der Waals surface area contributed by atoms with Gasteiger partial charge in [0.25, 0.3) is 0 Å². The van der Waals surface area contributed by atoms with E-state index in [1.54, 1.807) is 18.2 Å². The summed E-state index contributed by atoms with van der Waals surface area (Å²) in [4.78, 5) is 0.268. The minimum atomic E-state index is -3.48. The van der Waals surface area contributed by atoms with Crippen molar-refractivity contribution in [3.63, 3.8) is 0 Å². The Kier molecular flexibility index (Phi) is 5.60. The van der Waals surface area contributed by atoms with Crippen molar-refractivity contribution in [2.24, 2.45) is 0 Å². The first kappa shape index (κ1) is 15.9. The summed E-state index contributed by atoms with van der Waals surface area (Å²) in [5.41, 5.74) is 1.01. The van der Waals surface area contributed by atoms with Crippen LogP contribution in [0.1, 0.15) is 31.2 Å². The molecule has 0 atom stereocenters. The number of sulfonamides is 1. The number of nitrogens with one attached hydrogen (secondary N) is 1. The van der Waals surface area contributed by atoms with Gasteiger partial charge in [0.05, 0.1) is 17.6 Å². The summed E-state index contributed by atoms with van der Waals surface area (Å²) in [7, 11) is -3.48. The van der Waals surface area contributed by atoms with Crippen LogP contribution in [-0.2, 0) is 14.8 Å². The number of halogens is 1. The summed E-state index contributed by atoms with van der Waals surface area (Å²) in [6.45, 7) is 2.65. The molecule has 0 saturated heterocycles. The van der Waals surface area contributed by atoms with Crippen molar-refractivity contribution in [3.05, 3.63) is 28.2 Å². The first-order valence-corrected chi connectivity index (χ1v) is 9.14. The lowest BCUT2D eigenvalue weighted by Crippen LogP contribution is -2.28. The molecule has 0 unspecified atom stereocenters. The van der Waals surface area contributed by atoms with E-state index in [0.717, 1.165) is 18.4 Å². The number of hydrogen-bond donors (Lipinski definition) is 1. The maximum absolute atomic E-state index is 12.2. The van der Waals surface area contributed by atoms with Crippen LogP contribution in [0.15, 0.2) is 27.6 Å². The van der Waals surface area contributed by atoms with Gasteiger partial charge in [-0.05, 0) is 53.4 Å². The van der Waals surface area contributed by atoms with Crippen LogP contribution in [0.25, 0.3) is 0 Å². The molecule has 1 fully saturated rings. The number of ether oxygens (including phenoxy) is 1. The molecule has 4 nitrogen and oxygen atoms in total. The van der Waals surface area contributed by atoms with E-state index in [0.29, 0.717) is 23.7 Å². The molecule has 0 aromatic heterocycles. The van der Waals surface area contributed by atoms with Crippen LogP contribution >= 0.6 is 15.9 Å². The highest BCUT2D eigenvalue weighted by Gasteiger charge is 2.18. The van der Waals surface area contributed by atoms with E-state index >= 15 is 0 Å². The van der Waals surface area contributed by atoms with Crippen molar-refractivity contribution in [1.29, 1.82) is 0 Å². The molecule has 6 heteroatoms. The largest absolute Gasteiger partial charge is 0.377 e. The van der Waals surface area contributed by atoms with Crippen LogP contribution in [0.4, 0.5) is 0 Å². The van der Waals surface area contributed by atoms with E-state index < -0.39 is 10.0 Å². The molecule has 0 aliphatic heterocycles. The number of aryl methyl sites for hydroxylation is 1. The standard InChI is InChI=1S/C14H20BrNO3S/c1-11-6-7-14(13(15)10-11)20(17,18)16-8-9-19-12-4-2-3-5-12/h6-7,10,12,16H,2-5,8-9H2,1H3. The van der Waals surface area contributed by atoms with Crippen molar-refractivity contribution in [3.8, 4) is 0 Å². The molecular formula is C14H20BrNO3S. The molecule has 0 spiro atoms. The normalized spacial score (nSPS) is 16.7. The number of hydrogen-bond acceptors (Lipinski definition) is 3. The first-order chi connectivity index (χ1) is 9.49. The van der Waals surface area contributed by atoms with Crippen LogP contribution in [0.5, 0.6) is 0 Å². The molecule has 1 aliphatic carbocycles. The van der Waals surface area contributed by atoms with E-state index in [4.69, 9.17) is 4.74 Å². The second-order valence-corrected chi connectivity index (χ2v) is 7.70. The van der Waals surface area contributed by atoms with Gasteiger partial charge < -0.3 is 4.74 Å². The molecule has 1 aliphatic rings. The molecule has 1 aromatic carbocycles. The van der Waals surface area contributed by atoms with Crippen LogP contribution in [0, 0.1) is 6.92 Å². The zero-order chi connectivity index (χ0) is 14.6. The third kappa shape index (κ3) is 4.28. The Morgan fingerprint density at radius 3 is 2.70 bits per heavy atom. The van der Waals surface area contributed by atoms with Gasteiger partial charge in [0.15, 0.2) is 0 Å². The molecule has 1 saturated carbocycles. The molecule has 1 N–H and O–H groups in total. The van der Waals surface area contributed by atoms with Gasteiger partial charge >= 0.3 is 0 Å². The minimum absolute atomic E-state index is 0.268. The average molecular weight is 362 g/mol. The lowest BCUT2D eigenvalue weighted by Gasteiger charge is -2.12. The van der Waals surface area contributed by atoms with E-state index in [9.17, 15) is 8.42 Å². The third-order valence-electron chi connectivity index (χ3n) is 3.43. The summed E-state index contributed by atoms with van der Waals surface area (Å²) in [5, 5.41) is 0. The van der Waals surface area contributed by atoms with Gasteiger partial charge in [-0.2, -0.15) is 0 Å². The van der Waals surface area contributed by atoms with Crippen LogP contribution in [-0.4, -0.2) is 27.7 Å². The molecule has 1 aromatic rings. The Hall–Kier alpha value is -0.430. The molecule has 112 valence electrons. The monoisotopic (exact) mass is 361 g/mol. The zero-order valence-corrected chi connectivity index (χ0v) is 14.0. The van der Waals surface area contributed by atoms with E-state index in [1.807, 2.05) is 6.92 Å². The van der Waals surface area contributed by atoms with Gasteiger partial charge in [-0.25, -0.2) is 13.1 Å². The van der Waals surface area contributed by atoms with Crippen molar-refractivity contribution in [2.45, 2.75) is 43.6 Å². The molecule has 0 radical (unpaired) electrons. The van der Waals surface area contributed by atoms with Crippen molar-refractivity contribution < 1.29 is 13.2 Å². The van der Waals surface area contributed by atoms with Gasteiger partial charge in [-0.1, -0.05) is 18.9 Å². The Morgan fingerprint density at radius 1 is 1.35 bits per heavy atom. The van der Waals surface area contributed by atoms with Crippen molar-refractivity contribution >= 4 is 26.0 Å². The predicted octanol–water partition coefficient (Wildman–Crippen LogP) is 3.00. The summed E-state index contributed by atoms with van der Waals surface area (Å²) in [5.74, 6) is 0. The van der Waals surface area contributed by atoms with Gasteiger partial charge in [-0.15, -0.1) is 0 Å². The zero-order valence-electron chi connectivity index (χ0n) is 11.6. The molecule has 0 bridgehead atoms. The molecule has 0 heterocycles. The van der Waals surface area contributed by atoms with Crippen LogP contribution in [0.3, 0.4) is 0 Å². The third-order valence-corrected chi connectivity index (χ3v) is 5.86. The van der Waals surface area contributed by atoms with Gasteiger partial charge in [0.1, 0.15) is 0 Å². The lowest BCUT2D eigenvalue weighted by atomic mass is 10.2. The molecule has 2 rings (SSSR count). The summed E-state index contributed by atoms with van der Waals surface area (Å²) in [6, 6.07) is 5.19. The highest BCUT2D eigenvalue weighted by atomic mass is 79.9. The molecule has 20 heavy (non-hydrogen) atoms. The Balaban J connectivity index is 1.87. The SMILES string of the molecule is Cc1ccc(S(=O)(=O)NCCOC2CCCC2)c(Br)c1.